The molecule has 0 heterocycles. The molecule has 0 saturated heterocycles. The maximum absolute atomic E-state index is 13.0. The lowest BCUT2D eigenvalue weighted by Gasteiger charge is -2.21. The van der Waals surface area contributed by atoms with Crippen molar-refractivity contribution in [1.29, 1.82) is 0 Å². The molecule has 19 heteroatoms. The summed E-state index contributed by atoms with van der Waals surface area (Å²) in [5.41, 5.74) is 0. The van der Waals surface area contributed by atoms with Crippen LogP contribution in [0.5, 0.6) is 0 Å². The monoisotopic (exact) mass is 1340 g/mol. The van der Waals surface area contributed by atoms with Gasteiger partial charge in [0, 0.05) is 25.7 Å². The molecular weight excluding hydrogens is 1200 g/mol. The molecule has 0 saturated carbocycles. The van der Waals surface area contributed by atoms with Crippen molar-refractivity contribution in [3.8, 4) is 0 Å². The zero-order valence-corrected chi connectivity index (χ0v) is 61.1. The number of rotatable bonds is 70. The highest BCUT2D eigenvalue weighted by molar-refractivity contribution is 7.47. The van der Waals surface area contributed by atoms with Gasteiger partial charge in [0.1, 0.15) is 19.3 Å². The van der Waals surface area contributed by atoms with Crippen molar-refractivity contribution >= 4 is 39.5 Å². The van der Waals surface area contributed by atoms with Crippen LogP contribution in [0.3, 0.4) is 0 Å². The summed E-state index contributed by atoms with van der Waals surface area (Å²) in [6.07, 6.45) is 47.3. The third kappa shape index (κ3) is 65.1. The Bertz CT molecular complexity index is 1790. The second kappa shape index (κ2) is 62.8. The van der Waals surface area contributed by atoms with Gasteiger partial charge in [0.2, 0.25) is 0 Å². The Kier molecular flexibility index (Phi) is 61.5. The van der Waals surface area contributed by atoms with Gasteiger partial charge in [-0.1, -0.05) is 312 Å². The summed E-state index contributed by atoms with van der Waals surface area (Å²) in [4.78, 5) is 72.5. The van der Waals surface area contributed by atoms with Crippen molar-refractivity contribution in [3.05, 3.63) is 0 Å². The van der Waals surface area contributed by atoms with Gasteiger partial charge in [-0.2, -0.15) is 0 Å². The molecule has 0 bridgehead atoms. The molecule has 0 aromatic carbocycles. The standard InChI is InChI=1S/C72H140O17P2/c1-8-10-11-12-13-32-39-46-53-69(74)82-59-68(89-72(77)56-49-42-35-28-30-37-44-51-64(5)6)62-87-91(80,81)85-58-66(73)57-84-90(78,79)86-61-67(60-83-70(75)54-47-40-33-26-23-22-25-31-38-45-52-65(7)9-2)88-71(76)55-48-41-34-27-21-19-17-15-14-16-18-20-24-29-36-43-50-63(3)4/h63-68,73H,8-62H2,1-7H3,(H,78,79)(H,80,81)/t65?,66-,67-,68-/m1/s1. The molecule has 6 atom stereocenters. The summed E-state index contributed by atoms with van der Waals surface area (Å²) >= 11 is 0. The first-order chi connectivity index (χ1) is 43.8. The minimum Gasteiger partial charge on any atom is -0.462 e. The summed E-state index contributed by atoms with van der Waals surface area (Å²) < 4.78 is 68.3. The Labute approximate surface area is 556 Å². The lowest BCUT2D eigenvalue weighted by Crippen LogP contribution is -2.30. The number of unbranched alkanes of at least 4 members (excludes halogenated alkanes) is 37. The van der Waals surface area contributed by atoms with E-state index in [1.54, 1.807) is 0 Å². The van der Waals surface area contributed by atoms with Crippen molar-refractivity contribution in [2.24, 2.45) is 17.8 Å². The number of carbonyl (C=O) groups is 4. The van der Waals surface area contributed by atoms with Crippen molar-refractivity contribution in [1.82, 2.24) is 0 Å². The first-order valence-electron chi connectivity index (χ1n) is 37.4. The lowest BCUT2D eigenvalue weighted by molar-refractivity contribution is -0.161. The maximum atomic E-state index is 13.0. The lowest BCUT2D eigenvalue weighted by atomic mass is 9.99. The van der Waals surface area contributed by atoms with Crippen molar-refractivity contribution in [2.75, 3.05) is 39.6 Å². The van der Waals surface area contributed by atoms with Gasteiger partial charge in [0.05, 0.1) is 26.4 Å². The van der Waals surface area contributed by atoms with Crippen LogP contribution in [0.15, 0.2) is 0 Å². The fraction of sp³-hybridized carbons (Fsp3) is 0.944. The molecule has 3 N–H and O–H groups in total. The zero-order valence-electron chi connectivity index (χ0n) is 59.3. The summed E-state index contributed by atoms with van der Waals surface area (Å²) in [6.45, 7) is 11.8. The highest BCUT2D eigenvalue weighted by Crippen LogP contribution is 2.45. The van der Waals surface area contributed by atoms with Crippen molar-refractivity contribution < 1.29 is 80.2 Å². The van der Waals surface area contributed by atoms with E-state index in [0.717, 1.165) is 108 Å². The average Bonchev–Trinajstić information content (AvgIpc) is 3.69. The topological polar surface area (TPSA) is 237 Å². The van der Waals surface area contributed by atoms with Crippen LogP contribution in [-0.2, 0) is 65.4 Å². The number of aliphatic hydroxyl groups is 1. The molecule has 0 fully saturated rings. The number of carbonyl (C=O) groups excluding carboxylic acids is 4. The SMILES string of the molecule is CCCCCCCCCCC(=O)OC[C@H](COP(=O)(O)OC[C@H](O)COP(=O)(O)OC[C@@H](COC(=O)CCCCCCCCCCCCC(C)CC)OC(=O)CCCCCCCCCCCCCCCCCCC(C)C)OC(=O)CCCCCCCCCC(C)C. The minimum absolute atomic E-state index is 0.103. The average molecular weight is 1340 g/mol. The van der Waals surface area contributed by atoms with Crippen LogP contribution in [0.2, 0.25) is 0 Å². The molecule has 0 spiro atoms. The normalized spacial score (nSPS) is 14.5. The van der Waals surface area contributed by atoms with Crippen LogP contribution in [0, 0.1) is 17.8 Å². The second-order valence-corrected chi connectivity index (χ2v) is 30.1. The van der Waals surface area contributed by atoms with Crippen LogP contribution in [-0.4, -0.2) is 96.7 Å². The number of ether oxygens (including phenoxy) is 4. The molecule has 0 amide bonds. The zero-order chi connectivity index (χ0) is 67.3. The molecule has 0 aliphatic carbocycles. The molecule has 0 aliphatic rings. The van der Waals surface area contributed by atoms with Crippen molar-refractivity contribution in [3.63, 3.8) is 0 Å². The van der Waals surface area contributed by atoms with Crippen molar-refractivity contribution in [2.45, 2.75) is 381 Å². The Morgan fingerprint density at radius 1 is 0.319 bits per heavy atom. The molecule has 0 aliphatic heterocycles. The number of phosphoric ester groups is 2. The predicted molar refractivity (Wildman–Crippen MR) is 368 cm³/mol. The van der Waals surface area contributed by atoms with Gasteiger partial charge in [-0.25, -0.2) is 9.13 Å². The van der Waals surface area contributed by atoms with Gasteiger partial charge in [-0.3, -0.25) is 37.3 Å². The van der Waals surface area contributed by atoms with E-state index in [0.29, 0.717) is 31.6 Å². The Balaban J connectivity index is 5.20. The summed E-state index contributed by atoms with van der Waals surface area (Å²) in [6, 6.07) is 0. The van der Waals surface area contributed by atoms with E-state index < -0.39 is 97.5 Å². The Morgan fingerprint density at radius 3 is 0.835 bits per heavy atom. The number of phosphoric acid groups is 2. The first-order valence-corrected chi connectivity index (χ1v) is 40.4. The van der Waals surface area contributed by atoms with Crippen LogP contribution in [0.25, 0.3) is 0 Å². The van der Waals surface area contributed by atoms with Gasteiger partial charge < -0.3 is 33.8 Å². The van der Waals surface area contributed by atoms with Crippen LogP contribution < -0.4 is 0 Å². The highest BCUT2D eigenvalue weighted by Gasteiger charge is 2.30. The third-order valence-electron chi connectivity index (χ3n) is 17.0. The van der Waals surface area contributed by atoms with Gasteiger partial charge in [0.25, 0.3) is 0 Å². The predicted octanol–water partition coefficient (Wildman–Crippen LogP) is 20.6. The van der Waals surface area contributed by atoms with E-state index in [9.17, 15) is 43.2 Å². The van der Waals surface area contributed by atoms with E-state index in [4.69, 9.17) is 37.0 Å². The van der Waals surface area contributed by atoms with Crippen LogP contribution in [0.1, 0.15) is 363 Å². The van der Waals surface area contributed by atoms with E-state index in [1.165, 1.54) is 167 Å². The summed E-state index contributed by atoms with van der Waals surface area (Å²) in [5.74, 6) is 0.187. The molecule has 0 aromatic rings. The number of hydrogen-bond donors (Lipinski definition) is 3. The third-order valence-corrected chi connectivity index (χ3v) is 18.9. The van der Waals surface area contributed by atoms with E-state index in [1.807, 2.05) is 0 Å². The van der Waals surface area contributed by atoms with Crippen LogP contribution in [0.4, 0.5) is 0 Å². The van der Waals surface area contributed by atoms with E-state index >= 15 is 0 Å². The van der Waals surface area contributed by atoms with Gasteiger partial charge in [0.15, 0.2) is 12.2 Å². The smallest absolute Gasteiger partial charge is 0.462 e. The molecule has 91 heavy (non-hydrogen) atoms. The van der Waals surface area contributed by atoms with Gasteiger partial charge >= 0.3 is 39.5 Å². The Morgan fingerprint density at radius 2 is 0.560 bits per heavy atom. The molecule has 0 radical (unpaired) electrons. The fourth-order valence-electron chi connectivity index (χ4n) is 10.9. The van der Waals surface area contributed by atoms with Gasteiger partial charge in [-0.05, 0) is 43.4 Å². The fourth-order valence-corrected chi connectivity index (χ4v) is 12.4. The Hall–Kier alpha value is -1.94. The molecule has 0 rings (SSSR count). The number of esters is 4. The molecule has 17 nitrogen and oxygen atoms in total. The molecular formula is C72H140O17P2. The largest absolute Gasteiger partial charge is 0.472 e. The maximum Gasteiger partial charge on any atom is 0.472 e. The molecule has 3 unspecified atom stereocenters. The second-order valence-electron chi connectivity index (χ2n) is 27.2. The minimum atomic E-state index is -4.95. The summed E-state index contributed by atoms with van der Waals surface area (Å²) in [7, 11) is -9.90. The summed E-state index contributed by atoms with van der Waals surface area (Å²) in [5, 5.41) is 10.6. The van der Waals surface area contributed by atoms with Crippen LogP contribution >= 0.6 is 15.6 Å². The highest BCUT2D eigenvalue weighted by atomic mass is 31.2. The quantitative estimate of drug-likeness (QED) is 0.0222. The number of hydrogen-bond acceptors (Lipinski definition) is 15. The van der Waals surface area contributed by atoms with Gasteiger partial charge in [-0.15, -0.1) is 0 Å². The first kappa shape index (κ1) is 89.1. The van der Waals surface area contributed by atoms with E-state index in [-0.39, 0.29) is 25.7 Å². The number of aliphatic hydroxyl groups excluding tert-OH is 1. The molecule has 0 aromatic heterocycles. The molecule has 540 valence electrons. The van der Waals surface area contributed by atoms with E-state index in [2.05, 4.69) is 48.5 Å².